The third kappa shape index (κ3) is 3.54. The third-order valence-corrected chi connectivity index (χ3v) is 2.57. The van der Waals surface area contributed by atoms with Gasteiger partial charge in [0.25, 0.3) is 0 Å². The Labute approximate surface area is 104 Å². The van der Waals surface area contributed by atoms with E-state index in [2.05, 4.69) is 10.3 Å². The van der Waals surface area contributed by atoms with Gasteiger partial charge in [-0.05, 0) is 12.0 Å². The average molecular weight is 260 g/mol. The molecule has 0 bridgehead atoms. The van der Waals surface area contributed by atoms with Gasteiger partial charge in [-0.15, -0.1) is 0 Å². The van der Waals surface area contributed by atoms with Gasteiger partial charge in [0.2, 0.25) is 5.82 Å². The van der Waals surface area contributed by atoms with Crippen molar-refractivity contribution in [1.29, 1.82) is 0 Å². The number of nitrogens with one attached hydrogen (secondary N) is 1. The Kier molecular flexibility index (Phi) is 4.65. The monoisotopic (exact) mass is 259 g/mol. The Morgan fingerprint density at radius 2 is 2.24 bits per heavy atom. The molecule has 7 heteroatoms. The largest absolute Gasteiger partial charge is 0.394 e. The number of anilines is 1. The van der Waals surface area contributed by atoms with Crippen LogP contribution in [-0.4, -0.2) is 27.7 Å². The maximum Gasteiger partial charge on any atom is 0.311 e. The van der Waals surface area contributed by atoms with Crippen molar-refractivity contribution in [3.05, 3.63) is 27.4 Å². The fourth-order valence-electron chi connectivity index (χ4n) is 1.28. The maximum atomic E-state index is 10.8. The van der Waals surface area contributed by atoms with E-state index in [-0.39, 0.29) is 35.2 Å². The number of hydrogen-bond donors (Lipinski definition) is 2. The van der Waals surface area contributed by atoms with E-state index in [0.29, 0.717) is 0 Å². The predicted octanol–water partition coefficient (Wildman–Crippen LogP) is 2.07. The first-order chi connectivity index (χ1) is 7.95. The molecule has 0 radical (unpaired) electrons. The summed E-state index contributed by atoms with van der Waals surface area (Å²) >= 11 is 5.69. The summed E-state index contributed by atoms with van der Waals surface area (Å²) in [6, 6.07) is 2.33. The van der Waals surface area contributed by atoms with Crippen LogP contribution in [0.25, 0.3) is 0 Å². The zero-order valence-corrected chi connectivity index (χ0v) is 10.3. The smallest absolute Gasteiger partial charge is 0.311 e. The molecule has 1 rings (SSSR count). The van der Waals surface area contributed by atoms with Crippen molar-refractivity contribution in [2.75, 3.05) is 11.9 Å². The van der Waals surface area contributed by atoms with E-state index >= 15 is 0 Å². The highest BCUT2D eigenvalue weighted by Gasteiger charge is 2.20. The van der Waals surface area contributed by atoms with Crippen LogP contribution in [0.2, 0.25) is 5.15 Å². The maximum absolute atomic E-state index is 10.8. The Hall–Kier alpha value is -1.40. The third-order valence-electron chi connectivity index (χ3n) is 2.36. The normalized spacial score (nSPS) is 12.5. The molecule has 1 aromatic rings. The molecule has 17 heavy (non-hydrogen) atoms. The summed E-state index contributed by atoms with van der Waals surface area (Å²) in [6.45, 7) is 3.65. The van der Waals surface area contributed by atoms with Crippen molar-refractivity contribution in [3.8, 4) is 0 Å². The molecule has 1 aromatic heterocycles. The Balaban J connectivity index is 3.03. The van der Waals surface area contributed by atoms with Gasteiger partial charge in [0.1, 0.15) is 5.15 Å². The minimum Gasteiger partial charge on any atom is -0.394 e. The second-order valence-electron chi connectivity index (χ2n) is 3.94. The molecule has 0 aliphatic rings. The van der Waals surface area contributed by atoms with Crippen molar-refractivity contribution < 1.29 is 10.0 Å². The van der Waals surface area contributed by atoms with Crippen LogP contribution < -0.4 is 5.32 Å². The molecule has 0 aliphatic heterocycles. The molecule has 1 atom stereocenters. The molecular formula is C10H14ClN3O3. The summed E-state index contributed by atoms with van der Waals surface area (Å²) in [5, 5.41) is 23.0. The van der Waals surface area contributed by atoms with E-state index in [9.17, 15) is 10.1 Å². The van der Waals surface area contributed by atoms with Gasteiger partial charge in [-0.1, -0.05) is 25.4 Å². The number of pyridine rings is 1. The molecule has 1 heterocycles. The minimum absolute atomic E-state index is 0.0789. The van der Waals surface area contributed by atoms with Gasteiger partial charge < -0.3 is 10.4 Å². The van der Waals surface area contributed by atoms with Gasteiger partial charge in [-0.3, -0.25) is 10.1 Å². The summed E-state index contributed by atoms with van der Waals surface area (Å²) in [5.41, 5.74) is -0.159. The molecule has 0 saturated heterocycles. The molecule has 0 unspecified atom stereocenters. The topological polar surface area (TPSA) is 88.3 Å². The van der Waals surface area contributed by atoms with Gasteiger partial charge in [-0.25, -0.2) is 4.98 Å². The quantitative estimate of drug-likeness (QED) is 0.480. The Morgan fingerprint density at radius 3 is 2.71 bits per heavy atom. The number of aliphatic hydroxyl groups is 1. The van der Waals surface area contributed by atoms with Gasteiger partial charge in [0.15, 0.2) is 0 Å². The number of aliphatic hydroxyl groups excluding tert-OH is 1. The lowest BCUT2D eigenvalue weighted by Gasteiger charge is -2.20. The molecule has 2 N–H and O–H groups in total. The number of aromatic nitrogens is 1. The summed E-state index contributed by atoms with van der Waals surface area (Å²) in [7, 11) is 0. The number of rotatable bonds is 5. The second kappa shape index (κ2) is 5.79. The summed E-state index contributed by atoms with van der Waals surface area (Å²) < 4.78 is 0. The molecule has 0 saturated carbocycles. The SMILES string of the molecule is CC(C)[C@@H](CO)Nc1nc(Cl)ccc1[N+](=O)[O-]. The van der Waals surface area contributed by atoms with E-state index in [4.69, 9.17) is 16.7 Å². The lowest BCUT2D eigenvalue weighted by Crippen LogP contribution is -2.30. The Bertz CT molecular complexity index is 412. The van der Waals surface area contributed by atoms with E-state index in [1.165, 1.54) is 12.1 Å². The standard InChI is InChI=1S/C10H14ClN3O3/c1-6(2)7(5-15)12-10-8(14(16)17)3-4-9(11)13-10/h3-4,6-7,15H,5H2,1-2H3,(H,12,13)/t7-/m1/s1. The highest BCUT2D eigenvalue weighted by molar-refractivity contribution is 6.29. The molecule has 94 valence electrons. The molecule has 0 aliphatic carbocycles. The van der Waals surface area contributed by atoms with Crippen molar-refractivity contribution in [3.63, 3.8) is 0 Å². The molecule has 0 amide bonds. The lowest BCUT2D eigenvalue weighted by molar-refractivity contribution is -0.384. The van der Waals surface area contributed by atoms with E-state index in [0.717, 1.165) is 0 Å². The van der Waals surface area contributed by atoms with E-state index in [1.807, 2.05) is 13.8 Å². The first kappa shape index (κ1) is 13.7. The summed E-state index contributed by atoms with van der Waals surface area (Å²) in [4.78, 5) is 14.1. The molecule has 0 aromatic carbocycles. The first-order valence-electron chi connectivity index (χ1n) is 5.14. The van der Waals surface area contributed by atoms with Crippen LogP contribution >= 0.6 is 11.6 Å². The number of nitrogens with zero attached hydrogens (tertiary/aromatic N) is 2. The van der Waals surface area contributed by atoms with Gasteiger partial charge in [0.05, 0.1) is 17.6 Å². The van der Waals surface area contributed by atoms with Crippen LogP contribution in [0.3, 0.4) is 0 Å². The van der Waals surface area contributed by atoms with E-state index in [1.54, 1.807) is 0 Å². The van der Waals surface area contributed by atoms with Crippen molar-refractivity contribution in [1.82, 2.24) is 4.98 Å². The van der Waals surface area contributed by atoms with E-state index < -0.39 is 4.92 Å². The fraction of sp³-hybridized carbons (Fsp3) is 0.500. The van der Waals surface area contributed by atoms with Crippen molar-refractivity contribution >= 4 is 23.1 Å². The summed E-state index contributed by atoms with van der Waals surface area (Å²) in [5.74, 6) is 0.190. The highest BCUT2D eigenvalue weighted by Crippen LogP contribution is 2.25. The molecule has 0 fully saturated rings. The summed E-state index contributed by atoms with van der Waals surface area (Å²) in [6.07, 6.45) is 0. The number of halogens is 1. The lowest BCUT2D eigenvalue weighted by atomic mass is 10.1. The zero-order chi connectivity index (χ0) is 13.0. The first-order valence-corrected chi connectivity index (χ1v) is 5.51. The van der Waals surface area contributed by atoms with Crippen LogP contribution in [-0.2, 0) is 0 Å². The van der Waals surface area contributed by atoms with Gasteiger partial charge in [-0.2, -0.15) is 0 Å². The zero-order valence-electron chi connectivity index (χ0n) is 9.55. The molecular weight excluding hydrogens is 246 g/mol. The fourth-order valence-corrected chi connectivity index (χ4v) is 1.43. The van der Waals surface area contributed by atoms with Crippen LogP contribution in [0, 0.1) is 16.0 Å². The number of nitro groups is 1. The number of hydrogen-bond acceptors (Lipinski definition) is 5. The predicted molar refractivity (Wildman–Crippen MR) is 65.2 cm³/mol. The highest BCUT2D eigenvalue weighted by atomic mass is 35.5. The van der Waals surface area contributed by atoms with Gasteiger partial charge in [0, 0.05) is 6.07 Å². The van der Waals surface area contributed by atoms with Gasteiger partial charge >= 0.3 is 5.69 Å². The molecule has 0 spiro atoms. The van der Waals surface area contributed by atoms with Crippen LogP contribution in [0.15, 0.2) is 12.1 Å². The average Bonchev–Trinajstić information content (AvgIpc) is 2.25. The second-order valence-corrected chi connectivity index (χ2v) is 4.32. The van der Waals surface area contributed by atoms with Crippen LogP contribution in [0.1, 0.15) is 13.8 Å². The van der Waals surface area contributed by atoms with Crippen molar-refractivity contribution in [2.24, 2.45) is 5.92 Å². The van der Waals surface area contributed by atoms with Crippen molar-refractivity contribution in [2.45, 2.75) is 19.9 Å². The Morgan fingerprint density at radius 1 is 1.59 bits per heavy atom. The molecule has 6 nitrogen and oxygen atoms in total. The van der Waals surface area contributed by atoms with Crippen LogP contribution in [0.5, 0.6) is 0 Å². The minimum atomic E-state index is -0.541. The van der Waals surface area contributed by atoms with Crippen LogP contribution in [0.4, 0.5) is 11.5 Å².